The highest BCUT2D eigenvalue weighted by molar-refractivity contribution is 6.40. The fraction of sp³-hybridized carbons (Fsp3) is 0. The second kappa shape index (κ2) is 1.73. The molecule has 0 bridgehead atoms. The normalized spacial score (nSPS) is 16.0. The van der Waals surface area contributed by atoms with E-state index < -0.39 is 11.9 Å². The highest BCUT2D eigenvalue weighted by atomic mass is 16.2. The van der Waals surface area contributed by atoms with Crippen molar-refractivity contribution >= 4 is 17.8 Å². The van der Waals surface area contributed by atoms with Crippen molar-refractivity contribution < 1.29 is 9.59 Å². The molecule has 0 spiro atoms. The maximum Gasteiger partial charge on any atom is 0.388 e. The minimum absolute atomic E-state index is 0.333. The van der Waals surface area contributed by atoms with Crippen molar-refractivity contribution in [2.75, 3.05) is 0 Å². The fourth-order valence-electron chi connectivity index (χ4n) is 0.330. The van der Waals surface area contributed by atoms with Gasteiger partial charge in [-0.1, -0.05) is 5.11 Å². The van der Waals surface area contributed by atoms with E-state index in [4.69, 9.17) is 0 Å². The Balaban J connectivity index is 2.88. The summed E-state index contributed by atoms with van der Waals surface area (Å²) in [5.74, 6) is -1.18. The number of hydrogen-bond acceptors (Lipinski definition) is 3. The van der Waals surface area contributed by atoms with Crippen LogP contribution < -0.4 is 5.73 Å². The van der Waals surface area contributed by atoms with Crippen LogP contribution in [0.1, 0.15) is 0 Å². The molecule has 1 aliphatic rings. The van der Waals surface area contributed by atoms with Gasteiger partial charge in [-0.3, -0.25) is 4.79 Å². The van der Waals surface area contributed by atoms with Gasteiger partial charge in [-0.15, -0.1) is 5.11 Å². The van der Waals surface area contributed by atoms with Crippen LogP contribution in [0.4, 0.5) is 4.79 Å². The van der Waals surface area contributed by atoms with Gasteiger partial charge in [-0.05, 0) is 0 Å². The van der Waals surface area contributed by atoms with Crippen LogP contribution in [0.25, 0.3) is 0 Å². The van der Waals surface area contributed by atoms with Gasteiger partial charge in [-0.25, -0.2) is 4.79 Å². The van der Waals surface area contributed by atoms with Crippen LogP contribution in [0.3, 0.4) is 0 Å². The first kappa shape index (κ1) is 5.54. The molecule has 1 aliphatic heterocycles. The third-order valence-corrected chi connectivity index (χ3v) is 0.652. The molecule has 2 N–H and O–H groups in total. The van der Waals surface area contributed by atoms with E-state index in [0.29, 0.717) is 0 Å². The number of rotatable bonds is 1. The van der Waals surface area contributed by atoms with Crippen LogP contribution in [0.15, 0.2) is 15.2 Å². The number of carbonyl (C=O) groups excluding carboxylic acids is 2. The van der Waals surface area contributed by atoms with Crippen LogP contribution >= 0.6 is 0 Å². The van der Waals surface area contributed by atoms with Crippen LogP contribution in [0.2, 0.25) is 0 Å². The molecule has 0 aromatic heterocycles. The van der Waals surface area contributed by atoms with Crippen LogP contribution in [0.5, 0.6) is 0 Å². The van der Waals surface area contributed by atoms with Crippen molar-refractivity contribution in [2.45, 2.75) is 0 Å². The molecule has 0 atom stereocenters. The molecular weight excluding hydrogens is 124 g/mol. The molecule has 0 unspecified atom stereocenters. The summed E-state index contributed by atoms with van der Waals surface area (Å²) in [5.41, 5.74) is 4.68. The number of amidine groups is 1. The quantitative estimate of drug-likeness (QED) is 0.510. The minimum Gasteiger partial charge on any atom is -0.363 e. The Hall–Kier alpha value is -1.59. The Labute approximate surface area is 49.5 Å². The van der Waals surface area contributed by atoms with E-state index in [1.165, 1.54) is 0 Å². The van der Waals surface area contributed by atoms with E-state index in [1.807, 2.05) is 0 Å². The molecule has 1 heterocycles. The molecule has 0 aromatic carbocycles. The zero-order valence-corrected chi connectivity index (χ0v) is 4.24. The van der Waals surface area contributed by atoms with Crippen LogP contribution in [0, 0.1) is 0 Å². The molecule has 0 saturated carbocycles. The van der Waals surface area contributed by atoms with Gasteiger partial charge in [0.15, 0.2) is 0 Å². The molecule has 3 amide bonds. The molecule has 46 valence electrons. The molecule has 6 heteroatoms. The van der Waals surface area contributed by atoms with Crippen molar-refractivity contribution in [3.05, 3.63) is 0 Å². The summed E-state index contributed by atoms with van der Waals surface area (Å²) in [7, 11) is 0. The number of amides is 3. The number of nitrogens with zero attached hydrogens (tertiary/aromatic N) is 3. The summed E-state index contributed by atoms with van der Waals surface area (Å²) >= 11 is 0. The second-order valence-electron chi connectivity index (χ2n) is 1.28. The van der Waals surface area contributed by atoms with Gasteiger partial charge in [-0.2, -0.15) is 4.99 Å². The molecule has 0 aromatic rings. The largest absolute Gasteiger partial charge is 0.388 e. The summed E-state index contributed by atoms with van der Waals surface area (Å²) in [6.07, 6.45) is 0. The van der Waals surface area contributed by atoms with Crippen LogP contribution in [-0.4, -0.2) is 17.8 Å². The first-order valence-electron chi connectivity index (χ1n) is 2.04. The maximum absolute atomic E-state index is 10.1. The first-order chi connectivity index (χ1) is 4.20. The average Bonchev–Trinajstić information content (AvgIpc) is 2.14. The number of hydrogen-bond donors (Lipinski definition) is 1. The van der Waals surface area contributed by atoms with Crippen molar-refractivity contribution in [1.82, 2.24) is 0 Å². The van der Waals surface area contributed by atoms with Crippen molar-refractivity contribution in [2.24, 2.45) is 21.0 Å². The van der Waals surface area contributed by atoms with E-state index in [2.05, 4.69) is 21.0 Å². The number of urea groups is 1. The Morgan fingerprint density at radius 1 is 1.44 bits per heavy atom. The number of aliphatic imine (C=N–C) groups is 1. The van der Waals surface area contributed by atoms with Gasteiger partial charge < -0.3 is 5.73 Å². The summed E-state index contributed by atoms with van der Waals surface area (Å²) in [5, 5.41) is 5.99. The lowest BCUT2D eigenvalue weighted by atomic mass is 10.6. The first-order valence-corrected chi connectivity index (χ1v) is 2.04. The topological polar surface area (TPSA) is 97.2 Å². The van der Waals surface area contributed by atoms with Gasteiger partial charge in [0.2, 0.25) is 5.84 Å². The monoisotopic (exact) mass is 126 g/mol. The van der Waals surface area contributed by atoms with Crippen molar-refractivity contribution in [3.8, 4) is 0 Å². The molecule has 0 radical (unpaired) electrons. The van der Waals surface area contributed by atoms with Gasteiger partial charge in [0.05, 0.1) is 0 Å². The summed E-state index contributed by atoms with van der Waals surface area (Å²) in [6, 6.07) is -0.788. The van der Waals surface area contributed by atoms with Crippen molar-refractivity contribution in [1.29, 1.82) is 0 Å². The number of azo groups is 1. The predicted octanol–water partition coefficient (Wildman–Crippen LogP) is -0.544. The number of nitrogens with two attached hydrogens (primary N) is 1. The lowest BCUT2D eigenvalue weighted by Gasteiger charge is -1.78. The highest BCUT2D eigenvalue weighted by Crippen LogP contribution is 1.96. The zero-order valence-electron chi connectivity index (χ0n) is 4.24. The second-order valence-corrected chi connectivity index (χ2v) is 1.28. The van der Waals surface area contributed by atoms with E-state index in [-0.39, 0.29) is 5.84 Å². The van der Waals surface area contributed by atoms with E-state index in [0.717, 1.165) is 0 Å². The van der Waals surface area contributed by atoms with E-state index in [9.17, 15) is 9.59 Å². The molecule has 0 saturated heterocycles. The van der Waals surface area contributed by atoms with Gasteiger partial charge >= 0.3 is 6.03 Å². The Morgan fingerprint density at radius 2 is 2.11 bits per heavy atom. The molecule has 0 fully saturated rings. The zero-order chi connectivity index (χ0) is 6.85. The third kappa shape index (κ3) is 0.958. The van der Waals surface area contributed by atoms with Gasteiger partial charge in [0.1, 0.15) is 0 Å². The smallest absolute Gasteiger partial charge is 0.363 e. The van der Waals surface area contributed by atoms with E-state index >= 15 is 0 Å². The number of primary amides is 1. The Bertz CT molecular complexity index is 228. The standard InChI is InChI=1S/C3H2N4O2/c4-1(8)2-5-3(9)7-6-2/h(H2,4,8). The molecule has 9 heavy (non-hydrogen) atoms. The lowest BCUT2D eigenvalue weighted by molar-refractivity contribution is -0.112. The molecular formula is C3H2N4O2. The SMILES string of the molecule is NC(=O)C1=NC(=O)N=N1. The highest BCUT2D eigenvalue weighted by Gasteiger charge is 2.14. The average molecular weight is 126 g/mol. The third-order valence-electron chi connectivity index (χ3n) is 0.652. The van der Waals surface area contributed by atoms with Crippen molar-refractivity contribution in [3.63, 3.8) is 0 Å². The molecule has 0 aliphatic carbocycles. The number of carbonyl (C=O) groups is 2. The molecule has 1 rings (SSSR count). The summed E-state index contributed by atoms with van der Waals surface area (Å²) in [6.45, 7) is 0. The summed E-state index contributed by atoms with van der Waals surface area (Å²) < 4.78 is 0. The minimum atomic E-state index is -0.843. The fourth-order valence-corrected chi connectivity index (χ4v) is 0.330. The lowest BCUT2D eigenvalue weighted by Crippen LogP contribution is -2.19. The van der Waals surface area contributed by atoms with E-state index in [1.54, 1.807) is 0 Å². The maximum atomic E-state index is 10.1. The van der Waals surface area contributed by atoms with Crippen LogP contribution in [-0.2, 0) is 4.79 Å². The Morgan fingerprint density at radius 3 is 2.33 bits per heavy atom. The molecule has 6 nitrogen and oxygen atoms in total. The summed E-state index contributed by atoms with van der Waals surface area (Å²) in [4.78, 5) is 23.3. The van der Waals surface area contributed by atoms with Gasteiger partial charge in [0.25, 0.3) is 5.91 Å². The predicted molar refractivity (Wildman–Crippen MR) is 26.9 cm³/mol. The van der Waals surface area contributed by atoms with Gasteiger partial charge in [0, 0.05) is 0 Å². The Kier molecular flexibility index (Phi) is 1.07.